The molecule has 1 aromatic heterocycles. The third kappa shape index (κ3) is 4.58. The fourth-order valence-corrected chi connectivity index (χ4v) is 2.50. The molecule has 0 aliphatic carbocycles. The van der Waals surface area contributed by atoms with Gasteiger partial charge in [0.2, 0.25) is 0 Å². The summed E-state index contributed by atoms with van der Waals surface area (Å²) in [5.41, 5.74) is 2.30. The van der Waals surface area contributed by atoms with Gasteiger partial charge in [0.25, 0.3) is 0 Å². The first-order valence-corrected chi connectivity index (χ1v) is 8.17. The standard InChI is InChI=1S/C19H20FN3O2/c20-15-7-9-16(10-8-15)22-13-12-21-11-3-4-14-23-17-5-1-2-6-18(17)25-19(23)24/h1-10,21-22H,11-14H2/b4-3-. The predicted octanol–water partition coefficient (Wildman–Crippen LogP) is 2.99. The number of fused-ring (bicyclic) bond motifs is 1. The fraction of sp³-hybridized carbons (Fsp3) is 0.211. The molecule has 6 heteroatoms. The van der Waals surface area contributed by atoms with Gasteiger partial charge in [0, 0.05) is 31.9 Å². The molecule has 0 radical (unpaired) electrons. The van der Waals surface area contributed by atoms with E-state index in [1.165, 1.54) is 12.1 Å². The van der Waals surface area contributed by atoms with Crippen molar-refractivity contribution in [1.82, 2.24) is 9.88 Å². The van der Waals surface area contributed by atoms with E-state index in [0.29, 0.717) is 18.7 Å². The van der Waals surface area contributed by atoms with E-state index in [2.05, 4.69) is 10.6 Å². The second kappa shape index (κ2) is 8.30. The zero-order chi connectivity index (χ0) is 17.5. The van der Waals surface area contributed by atoms with Crippen molar-refractivity contribution in [2.75, 3.05) is 25.0 Å². The van der Waals surface area contributed by atoms with Crippen LogP contribution in [0.5, 0.6) is 0 Å². The smallest absolute Gasteiger partial charge is 0.408 e. The lowest BCUT2D eigenvalue weighted by Crippen LogP contribution is -2.22. The van der Waals surface area contributed by atoms with Gasteiger partial charge in [-0.1, -0.05) is 24.3 Å². The zero-order valence-electron chi connectivity index (χ0n) is 13.7. The molecule has 3 aromatic rings. The van der Waals surface area contributed by atoms with E-state index in [1.54, 1.807) is 22.8 Å². The molecule has 1 heterocycles. The Labute approximate surface area is 144 Å². The minimum absolute atomic E-state index is 0.238. The molecule has 0 fully saturated rings. The average Bonchev–Trinajstić information content (AvgIpc) is 2.94. The van der Waals surface area contributed by atoms with Gasteiger partial charge in [0.05, 0.1) is 5.52 Å². The van der Waals surface area contributed by atoms with Crippen LogP contribution >= 0.6 is 0 Å². The summed E-state index contributed by atoms with van der Waals surface area (Å²) in [6.07, 6.45) is 3.91. The lowest BCUT2D eigenvalue weighted by molar-refractivity contribution is 0.519. The van der Waals surface area contributed by atoms with E-state index in [9.17, 15) is 9.18 Å². The lowest BCUT2D eigenvalue weighted by atomic mass is 10.3. The SMILES string of the molecule is O=c1oc2ccccc2n1C/C=C\CNCCNc1ccc(F)cc1. The van der Waals surface area contributed by atoms with Gasteiger partial charge < -0.3 is 15.1 Å². The number of hydrogen-bond acceptors (Lipinski definition) is 4. The Morgan fingerprint density at radius 2 is 1.84 bits per heavy atom. The normalized spacial score (nSPS) is 11.4. The molecule has 25 heavy (non-hydrogen) atoms. The van der Waals surface area contributed by atoms with E-state index in [4.69, 9.17) is 4.42 Å². The van der Waals surface area contributed by atoms with Crippen LogP contribution in [0.4, 0.5) is 10.1 Å². The van der Waals surface area contributed by atoms with Crippen LogP contribution in [0.15, 0.2) is 69.9 Å². The summed E-state index contributed by atoms with van der Waals surface area (Å²) in [5, 5.41) is 6.47. The number of oxazole rings is 1. The fourth-order valence-electron chi connectivity index (χ4n) is 2.50. The molecule has 0 unspecified atom stereocenters. The second-order valence-electron chi connectivity index (χ2n) is 5.56. The third-order valence-electron chi connectivity index (χ3n) is 3.77. The van der Waals surface area contributed by atoms with E-state index in [0.717, 1.165) is 24.3 Å². The van der Waals surface area contributed by atoms with Crippen molar-refractivity contribution in [2.45, 2.75) is 6.54 Å². The number of halogens is 1. The van der Waals surface area contributed by atoms with Crippen LogP contribution in [0.2, 0.25) is 0 Å². The molecule has 5 nitrogen and oxygen atoms in total. The number of rotatable bonds is 8. The summed E-state index contributed by atoms with van der Waals surface area (Å²) in [6.45, 7) is 2.70. The number of para-hydroxylation sites is 2. The summed E-state index contributed by atoms with van der Waals surface area (Å²) in [4.78, 5) is 11.8. The highest BCUT2D eigenvalue weighted by molar-refractivity contribution is 5.72. The number of benzene rings is 2. The topological polar surface area (TPSA) is 59.2 Å². The van der Waals surface area contributed by atoms with Gasteiger partial charge in [-0.2, -0.15) is 0 Å². The maximum atomic E-state index is 12.8. The quantitative estimate of drug-likeness (QED) is 0.488. The van der Waals surface area contributed by atoms with Crippen LogP contribution in [0.1, 0.15) is 0 Å². The number of nitrogens with zero attached hydrogens (tertiary/aromatic N) is 1. The van der Waals surface area contributed by atoms with Gasteiger partial charge in [0.1, 0.15) is 5.82 Å². The second-order valence-corrected chi connectivity index (χ2v) is 5.56. The van der Waals surface area contributed by atoms with Crippen LogP contribution in [0.25, 0.3) is 11.1 Å². The van der Waals surface area contributed by atoms with E-state index in [-0.39, 0.29) is 11.6 Å². The van der Waals surface area contributed by atoms with Crippen molar-refractivity contribution in [2.24, 2.45) is 0 Å². The van der Waals surface area contributed by atoms with Crippen LogP contribution in [0, 0.1) is 5.82 Å². The maximum Gasteiger partial charge on any atom is 0.420 e. The van der Waals surface area contributed by atoms with Gasteiger partial charge in [0.15, 0.2) is 5.58 Å². The summed E-state index contributed by atoms with van der Waals surface area (Å²) in [6, 6.07) is 13.7. The van der Waals surface area contributed by atoms with Gasteiger partial charge in [-0.15, -0.1) is 0 Å². The van der Waals surface area contributed by atoms with Crippen molar-refractivity contribution in [1.29, 1.82) is 0 Å². The van der Waals surface area contributed by atoms with Crippen LogP contribution in [-0.2, 0) is 6.54 Å². The first-order valence-electron chi connectivity index (χ1n) is 8.17. The summed E-state index contributed by atoms with van der Waals surface area (Å²) < 4.78 is 19.6. The molecule has 130 valence electrons. The lowest BCUT2D eigenvalue weighted by Gasteiger charge is -2.06. The van der Waals surface area contributed by atoms with Crippen LogP contribution in [0.3, 0.4) is 0 Å². The Hall–Kier alpha value is -2.86. The van der Waals surface area contributed by atoms with Crippen molar-refractivity contribution in [3.8, 4) is 0 Å². The summed E-state index contributed by atoms with van der Waals surface area (Å²) >= 11 is 0. The largest absolute Gasteiger partial charge is 0.420 e. The highest BCUT2D eigenvalue weighted by atomic mass is 19.1. The van der Waals surface area contributed by atoms with Gasteiger partial charge in [-0.3, -0.25) is 4.57 Å². The minimum atomic E-state index is -0.345. The molecule has 0 bridgehead atoms. The molecule has 0 saturated heterocycles. The zero-order valence-corrected chi connectivity index (χ0v) is 13.7. The summed E-state index contributed by atoms with van der Waals surface area (Å²) in [7, 11) is 0. The van der Waals surface area contributed by atoms with Crippen molar-refractivity contribution in [3.05, 3.63) is 77.1 Å². The van der Waals surface area contributed by atoms with Gasteiger partial charge >= 0.3 is 5.76 Å². The van der Waals surface area contributed by atoms with Crippen LogP contribution < -0.4 is 16.4 Å². The van der Waals surface area contributed by atoms with Gasteiger partial charge in [-0.05, 0) is 36.4 Å². The first-order chi connectivity index (χ1) is 12.2. The van der Waals surface area contributed by atoms with E-state index in [1.807, 2.05) is 30.4 Å². The molecule has 0 aliphatic heterocycles. The van der Waals surface area contributed by atoms with Gasteiger partial charge in [-0.25, -0.2) is 9.18 Å². The number of nitrogens with one attached hydrogen (secondary N) is 2. The van der Waals surface area contributed by atoms with Crippen molar-refractivity contribution in [3.63, 3.8) is 0 Å². The minimum Gasteiger partial charge on any atom is -0.408 e. The monoisotopic (exact) mass is 341 g/mol. The first kappa shape index (κ1) is 17.0. The average molecular weight is 341 g/mol. The number of allylic oxidation sites excluding steroid dienone is 1. The molecule has 0 spiro atoms. The molecule has 0 saturated carbocycles. The maximum absolute atomic E-state index is 12.8. The number of aromatic nitrogens is 1. The molecule has 0 amide bonds. The third-order valence-corrected chi connectivity index (χ3v) is 3.77. The van der Waals surface area contributed by atoms with E-state index < -0.39 is 0 Å². The Morgan fingerprint density at radius 1 is 1.04 bits per heavy atom. The summed E-state index contributed by atoms with van der Waals surface area (Å²) in [5.74, 6) is -0.583. The molecular weight excluding hydrogens is 321 g/mol. The number of hydrogen-bond donors (Lipinski definition) is 2. The Balaban J connectivity index is 1.38. The molecule has 0 atom stereocenters. The van der Waals surface area contributed by atoms with Crippen LogP contribution in [-0.4, -0.2) is 24.2 Å². The number of anilines is 1. The van der Waals surface area contributed by atoms with Crippen molar-refractivity contribution >= 4 is 16.8 Å². The van der Waals surface area contributed by atoms with Crippen molar-refractivity contribution < 1.29 is 8.81 Å². The Morgan fingerprint density at radius 3 is 2.68 bits per heavy atom. The Bertz CT molecular complexity index is 897. The molecule has 2 N–H and O–H groups in total. The molecular formula is C19H20FN3O2. The van der Waals surface area contributed by atoms with E-state index >= 15 is 0 Å². The molecule has 3 rings (SSSR count). The molecule has 0 aliphatic rings. The highest BCUT2D eigenvalue weighted by Gasteiger charge is 2.05. The molecule has 2 aromatic carbocycles. The Kier molecular flexibility index (Phi) is 5.64. The predicted molar refractivity (Wildman–Crippen MR) is 97.4 cm³/mol. The highest BCUT2D eigenvalue weighted by Crippen LogP contribution is 2.11.